The van der Waals surface area contributed by atoms with E-state index in [4.69, 9.17) is 18.9 Å². The van der Waals surface area contributed by atoms with E-state index < -0.39 is 65.3 Å². The van der Waals surface area contributed by atoms with Crippen molar-refractivity contribution in [3.63, 3.8) is 0 Å². The molecule has 2 aromatic carbocycles. The summed E-state index contributed by atoms with van der Waals surface area (Å²) in [5.74, 6) is -2.16. The van der Waals surface area contributed by atoms with E-state index in [1.807, 2.05) is 74.5 Å². The number of ether oxygens (including phenoxy) is 4. The first-order valence-electron chi connectivity index (χ1n) is 25.1. The van der Waals surface area contributed by atoms with E-state index in [0.29, 0.717) is 71.5 Å². The Morgan fingerprint density at radius 3 is 1.75 bits per heavy atom. The molecule has 7 amide bonds. The summed E-state index contributed by atoms with van der Waals surface area (Å²) < 4.78 is 21.9. The van der Waals surface area contributed by atoms with Gasteiger partial charge in [0.05, 0.1) is 19.8 Å². The lowest BCUT2D eigenvalue weighted by Crippen LogP contribution is -2.59. The summed E-state index contributed by atoms with van der Waals surface area (Å²) in [6.45, 7) is 17.4. The van der Waals surface area contributed by atoms with Crippen LogP contribution in [0.25, 0.3) is 0 Å². The van der Waals surface area contributed by atoms with Gasteiger partial charge in [-0.15, -0.1) is 0 Å². The van der Waals surface area contributed by atoms with Gasteiger partial charge in [-0.25, -0.2) is 9.59 Å². The molecule has 2 fully saturated rings. The highest BCUT2D eigenvalue weighted by Gasteiger charge is 2.43. The van der Waals surface area contributed by atoms with Gasteiger partial charge in [-0.2, -0.15) is 0 Å². The quantitative estimate of drug-likeness (QED) is 0.0827. The zero-order valence-electron chi connectivity index (χ0n) is 43.6. The number of unbranched alkanes of at least 4 members (excludes halogenated alkanes) is 1. The van der Waals surface area contributed by atoms with Gasteiger partial charge in [0.25, 0.3) is 0 Å². The van der Waals surface area contributed by atoms with Gasteiger partial charge in [0, 0.05) is 59.1 Å². The molecule has 2 aliphatic heterocycles. The van der Waals surface area contributed by atoms with Crippen LogP contribution in [0.4, 0.5) is 9.59 Å². The Morgan fingerprint density at radius 1 is 0.690 bits per heavy atom. The molecule has 1 spiro atoms. The molecule has 18 heteroatoms. The summed E-state index contributed by atoms with van der Waals surface area (Å²) in [5, 5.41) is 14.4. The van der Waals surface area contributed by atoms with Gasteiger partial charge in [0.15, 0.2) is 0 Å². The first-order valence-corrected chi connectivity index (χ1v) is 25.1. The standard InChI is InChI=1S/C53H81N7O11/c1-37(2)32-41(56-46(63)42(33-38-18-12-10-13-19-38)57-47(64)43(34-39-20-14-11-15-21-39)58-49(66)70-51(3,4)5)45(62)55-40(48(65)59-26-23-53(24-27-59)35-44(61)54-36-53)22-16-17-25-60(28-29-69-31-30-68-9)50(67)71-52(6,7)8/h10-15,18-21,37,40-43H,16-17,22-36H2,1-9H3,(H,54,61)(H,55,62)(H,56,63)(H,57,64)(H,58,66)/t40-,41-,42-,43-/m1/s1. The maximum atomic E-state index is 14.6. The fourth-order valence-electron chi connectivity index (χ4n) is 8.56. The Kier molecular flexibility index (Phi) is 22.6. The zero-order valence-corrected chi connectivity index (χ0v) is 43.6. The van der Waals surface area contributed by atoms with Crippen molar-refractivity contribution in [1.82, 2.24) is 36.4 Å². The summed E-state index contributed by atoms with van der Waals surface area (Å²) >= 11 is 0. The third kappa shape index (κ3) is 20.9. The maximum Gasteiger partial charge on any atom is 0.410 e. The molecule has 0 bridgehead atoms. The van der Waals surface area contributed by atoms with Crippen LogP contribution in [0.2, 0.25) is 0 Å². The number of rotatable bonds is 25. The number of carbonyl (C=O) groups is 7. The maximum absolute atomic E-state index is 14.6. The monoisotopic (exact) mass is 992 g/mol. The summed E-state index contributed by atoms with van der Waals surface area (Å²) in [7, 11) is 1.58. The minimum atomic E-state index is -1.18. The SMILES string of the molecule is COCCOCCN(CCCC[C@@H](NC(=O)[C@@H](CC(C)C)NC(=O)[C@@H](Cc1ccccc1)NC(=O)[C@@H](Cc1ccccc1)NC(=O)OC(C)(C)C)C(=O)N1CCC2(CC1)CNC(=O)C2)C(=O)OC(C)(C)C. The van der Waals surface area contributed by atoms with Gasteiger partial charge in [-0.3, -0.25) is 24.0 Å². The molecule has 0 aromatic heterocycles. The number of piperidine rings is 1. The van der Waals surface area contributed by atoms with Crippen molar-refractivity contribution in [2.45, 2.75) is 149 Å². The average Bonchev–Trinajstić information content (AvgIpc) is 3.66. The summed E-state index contributed by atoms with van der Waals surface area (Å²) in [6.07, 6.45) is 1.95. The van der Waals surface area contributed by atoms with E-state index in [0.717, 1.165) is 11.1 Å². The largest absolute Gasteiger partial charge is 0.444 e. The Labute approximate surface area is 420 Å². The molecule has 0 radical (unpaired) electrons. The van der Waals surface area contributed by atoms with E-state index in [1.165, 1.54) is 0 Å². The minimum absolute atomic E-state index is 0.00478. The van der Waals surface area contributed by atoms with Crippen molar-refractivity contribution >= 4 is 41.7 Å². The molecular formula is C53H81N7O11. The Bertz CT molecular complexity index is 2030. The second kappa shape index (κ2) is 27.7. The second-order valence-electron chi connectivity index (χ2n) is 21.2. The number of likely N-dealkylation sites (tertiary alicyclic amines) is 1. The van der Waals surface area contributed by atoms with E-state index in [2.05, 4.69) is 26.6 Å². The number of benzene rings is 2. The molecule has 5 N–H and O–H groups in total. The van der Waals surface area contributed by atoms with Crippen LogP contribution in [0.3, 0.4) is 0 Å². The van der Waals surface area contributed by atoms with Crippen molar-refractivity contribution in [2.75, 3.05) is 59.7 Å². The lowest BCUT2D eigenvalue weighted by atomic mass is 9.77. The summed E-state index contributed by atoms with van der Waals surface area (Å²) in [4.78, 5) is 99.7. The Balaban J connectivity index is 1.56. The highest BCUT2D eigenvalue weighted by Crippen LogP contribution is 2.37. The van der Waals surface area contributed by atoms with Crippen LogP contribution in [-0.4, -0.2) is 147 Å². The van der Waals surface area contributed by atoms with Crippen molar-refractivity contribution in [3.05, 3.63) is 71.8 Å². The molecule has 394 valence electrons. The van der Waals surface area contributed by atoms with Gasteiger partial charge in [0.1, 0.15) is 35.4 Å². The van der Waals surface area contributed by atoms with Gasteiger partial charge in [0.2, 0.25) is 29.5 Å². The molecule has 18 nitrogen and oxygen atoms in total. The molecule has 0 aliphatic carbocycles. The normalized spacial score (nSPS) is 16.3. The number of hydrogen-bond donors (Lipinski definition) is 5. The third-order valence-electron chi connectivity index (χ3n) is 12.3. The van der Waals surface area contributed by atoms with Crippen molar-refractivity contribution in [2.24, 2.45) is 11.3 Å². The average molecular weight is 992 g/mol. The van der Waals surface area contributed by atoms with Crippen LogP contribution < -0.4 is 26.6 Å². The van der Waals surface area contributed by atoms with Gasteiger partial charge >= 0.3 is 12.2 Å². The first kappa shape index (κ1) is 57.8. The lowest BCUT2D eigenvalue weighted by molar-refractivity contribution is -0.139. The van der Waals surface area contributed by atoms with Crippen LogP contribution in [0.1, 0.15) is 111 Å². The van der Waals surface area contributed by atoms with Crippen LogP contribution in [-0.2, 0) is 55.8 Å². The topological polar surface area (TPSA) is 223 Å². The lowest BCUT2D eigenvalue weighted by Gasteiger charge is -2.39. The van der Waals surface area contributed by atoms with Crippen LogP contribution in [0.15, 0.2) is 60.7 Å². The van der Waals surface area contributed by atoms with Crippen molar-refractivity contribution < 1.29 is 52.5 Å². The molecule has 4 rings (SSSR count). The highest BCUT2D eigenvalue weighted by molar-refractivity contribution is 5.95. The molecule has 71 heavy (non-hydrogen) atoms. The molecule has 4 atom stereocenters. The number of methoxy groups -OCH3 is 1. The number of nitrogens with zero attached hydrogens (tertiary/aromatic N) is 2. The number of amides is 7. The number of hydrogen-bond acceptors (Lipinski definition) is 11. The Morgan fingerprint density at radius 2 is 1.23 bits per heavy atom. The summed E-state index contributed by atoms with van der Waals surface area (Å²) in [6, 6.07) is 13.9. The Hall–Kier alpha value is -5.75. The predicted molar refractivity (Wildman–Crippen MR) is 269 cm³/mol. The molecule has 2 saturated heterocycles. The highest BCUT2D eigenvalue weighted by atomic mass is 16.6. The van der Waals surface area contributed by atoms with Gasteiger partial charge in [-0.1, -0.05) is 74.5 Å². The van der Waals surface area contributed by atoms with Crippen LogP contribution in [0.5, 0.6) is 0 Å². The van der Waals surface area contributed by atoms with Gasteiger partial charge in [-0.05, 0) is 103 Å². The van der Waals surface area contributed by atoms with E-state index in [1.54, 1.807) is 58.5 Å². The first-order chi connectivity index (χ1) is 33.5. The smallest absolute Gasteiger partial charge is 0.410 e. The second-order valence-corrected chi connectivity index (χ2v) is 21.2. The molecule has 0 unspecified atom stereocenters. The van der Waals surface area contributed by atoms with E-state index in [-0.39, 0.29) is 62.0 Å². The van der Waals surface area contributed by atoms with E-state index >= 15 is 0 Å². The predicted octanol–water partition coefficient (Wildman–Crippen LogP) is 5.06. The number of alkyl carbamates (subject to hydrolysis) is 1. The van der Waals surface area contributed by atoms with Gasteiger partial charge < -0.3 is 55.3 Å². The van der Waals surface area contributed by atoms with Crippen LogP contribution in [0, 0.1) is 11.3 Å². The van der Waals surface area contributed by atoms with Crippen molar-refractivity contribution in [1.29, 1.82) is 0 Å². The molecular weight excluding hydrogens is 911 g/mol. The van der Waals surface area contributed by atoms with Crippen LogP contribution >= 0.6 is 0 Å². The third-order valence-corrected chi connectivity index (χ3v) is 12.3. The fraction of sp³-hybridized carbons (Fsp3) is 0.642. The molecule has 0 saturated carbocycles. The molecule has 2 aliphatic rings. The number of nitrogens with one attached hydrogen (secondary N) is 5. The number of carbonyl (C=O) groups excluding carboxylic acids is 7. The zero-order chi connectivity index (χ0) is 52.2. The fourth-order valence-corrected chi connectivity index (χ4v) is 8.56. The molecule has 2 heterocycles. The van der Waals surface area contributed by atoms with Crippen molar-refractivity contribution in [3.8, 4) is 0 Å². The molecule has 2 aromatic rings. The minimum Gasteiger partial charge on any atom is -0.444 e. The summed E-state index contributed by atoms with van der Waals surface area (Å²) in [5.41, 5.74) is -0.257. The van der Waals surface area contributed by atoms with E-state index in [9.17, 15) is 33.6 Å².